The summed E-state index contributed by atoms with van der Waals surface area (Å²) in [6.07, 6.45) is -3.42. The Hall–Kier alpha value is -1.86. The molecule has 1 aliphatic heterocycles. The Kier molecular flexibility index (Phi) is 5.39. The number of rotatable bonds is 4. The van der Waals surface area contributed by atoms with E-state index in [9.17, 15) is 18.0 Å². The van der Waals surface area contributed by atoms with Gasteiger partial charge in [-0.2, -0.15) is 13.2 Å². The van der Waals surface area contributed by atoms with Gasteiger partial charge in [-0.05, 0) is 55.2 Å². The average Bonchev–Trinajstić information content (AvgIpc) is 3.03. The molecule has 0 bridgehead atoms. The van der Waals surface area contributed by atoms with E-state index in [0.29, 0.717) is 12.1 Å². The molecule has 3 rings (SSSR count). The van der Waals surface area contributed by atoms with Crippen LogP contribution in [0.5, 0.6) is 0 Å². The van der Waals surface area contributed by atoms with Crippen LogP contribution >= 0.6 is 11.3 Å². The van der Waals surface area contributed by atoms with Crippen molar-refractivity contribution in [3.63, 3.8) is 0 Å². The molecule has 0 aliphatic carbocycles. The highest BCUT2D eigenvalue weighted by atomic mass is 32.1. The van der Waals surface area contributed by atoms with Gasteiger partial charge in [-0.15, -0.1) is 11.3 Å². The lowest BCUT2D eigenvalue weighted by Crippen LogP contribution is -2.44. The zero-order valence-corrected chi connectivity index (χ0v) is 15.5. The minimum absolute atomic E-state index is 0.0121. The quantitative estimate of drug-likeness (QED) is 0.798. The third-order valence-electron chi connectivity index (χ3n) is 4.59. The third-order valence-corrected chi connectivity index (χ3v) is 5.59. The number of thiophene rings is 1. The van der Waals surface area contributed by atoms with Crippen molar-refractivity contribution in [2.75, 3.05) is 27.2 Å². The fourth-order valence-corrected chi connectivity index (χ4v) is 4.25. The normalized spacial score (nSPS) is 17.5. The second kappa shape index (κ2) is 7.40. The molecule has 1 aromatic heterocycles. The Balaban J connectivity index is 1.76. The Bertz CT molecular complexity index is 768. The molecule has 1 atom stereocenters. The van der Waals surface area contributed by atoms with Crippen LogP contribution in [0.2, 0.25) is 0 Å². The maximum atomic E-state index is 12.9. The molecule has 0 fully saturated rings. The number of halogens is 3. The van der Waals surface area contributed by atoms with Gasteiger partial charge in [-0.25, -0.2) is 0 Å². The van der Waals surface area contributed by atoms with Crippen molar-refractivity contribution in [3.8, 4) is 0 Å². The molecular weight excluding hydrogens is 361 g/mol. The molecule has 1 amide bonds. The van der Waals surface area contributed by atoms with Gasteiger partial charge in [0.15, 0.2) is 0 Å². The van der Waals surface area contributed by atoms with E-state index in [1.807, 2.05) is 19.0 Å². The van der Waals surface area contributed by atoms with Crippen LogP contribution in [0.25, 0.3) is 0 Å². The third kappa shape index (κ3) is 4.10. The summed E-state index contributed by atoms with van der Waals surface area (Å²) in [6.45, 7) is 1.37. The fourth-order valence-electron chi connectivity index (χ4n) is 3.33. The number of likely N-dealkylation sites (N-methyl/N-ethyl adjacent to an activating group) is 1. The first-order valence-corrected chi connectivity index (χ1v) is 9.30. The van der Waals surface area contributed by atoms with Crippen molar-refractivity contribution >= 4 is 17.2 Å². The summed E-state index contributed by atoms with van der Waals surface area (Å²) in [5.74, 6) is -0.0477. The first kappa shape index (κ1) is 18.9. The topological polar surface area (TPSA) is 23.6 Å². The summed E-state index contributed by atoms with van der Waals surface area (Å²) in [7, 11) is 3.94. The van der Waals surface area contributed by atoms with Gasteiger partial charge in [0.25, 0.3) is 0 Å². The molecule has 0 saturated heterocycles. The lowest BCUT2D eigenvalue weighted by Gasteiger charge is -2.37. The number of nitrogens with zero attached hydrogens (tertiary/aromatic N) is 2. The van der Waals surface area contributed by atoms with Crippen LogP contribution in [0.1, 0.15) is 27.6 Å². The molecule has 0 radical (unpaired) electrons. The number of amides is 1. The smallest absolute Gasteiger partial charge is 0.334 e. The molecule has 26 heavy (non-hydrogen) atoms. The van der Waals surface area contributed by atoms with Crippen LogP contribution in [-0.4, -0.2) is 42.9 Å². The van der Waals surface area contributed by atoms with Crippen molar-refractivity contribution in [3.05, 3.63) is 57.3 Å². The average molecular weight is 382 g/mol. The summed E-state index contributed by atoms with van der Waals surface area (Å²) in [5, 5.41) is 2.05. The Labute approximate surface area is 155 Å². The van der Waals surface area contributed by atoms with Gasteiger partial charge < -0.3 is 9.80 Å². The Morgan fingerprint density at radius 1 is 1.23 bits per heavy atom. The minimum atomic E-state index is -4.36. The highest BCUT2D eigenvalue weighted by Crippen LogP contribution is 2.34. The maximum absolute atomic E-state index is 12.9. The standard InChI is InChI=1S/C19H21F3N2OS/c1-23(2)12-16-15-8-10-26-17(15)7-9-24(16)18(25)11-13-3-5-14(6-4-13)19(20,21)22/h3-6,8,10,16H,7,9,11-12H2,1-2H3. The first-order chi connectivity index (χ1) is 12.3. The lowest BCUT2D eigenvalue weighted by atomic mass is 9.98. The van der Waals surface area contributed by atoms with E-state index in [0.717, 1.165) is 25.1 Å². The summed E-state index contributed by atoms with van der Waals surface area (Å²) in [6, 6.07) is 6.91. The van der Waals surface area contributed by atoms with Crippen molar-refractivity contribution in [1.29, 1.82) is 0 Å². The maximum Gasteiger partial charge on any atom is 0.416 e. The fraction of sp³-hybridized carbons (Fsp3) is 0.421. The molecule has 1 aromatic carbocycles. The van der Waals surface area contributed by atoms with Gasteiger partial charge >= 0.3 is 6.18 Å². The number of hydrogen-bond acceptors (Lipinski definition) is 3. The van der Waals surface area contributed by atoms with Crippen LogP contribution in [0.4, 0.5) is 13.2 Å². The predicted octanol–water partition coefficient (Wildman–Crippen LogP) is 4.00. The molecule has 7 heteroatoms. The molecule has 0 saturated carbocycles. The van der Waals surface area contributed by atoms with Crippen molar-refractivity contribution in [2.24, 2.45) is 0 Å². The second-order valence-corrected chi connectivity index (χ2v) is 7.79. The molecule has 140 valence electrons. The molecule has 0 N–H and O–H groups in total. The monoisotopic (exact) mass is 382 g/mol. The van der Waals surface area contributed by atoms with Gasteiger partial charge in [0.1, 0.15) is 0 Å². The highest BCUT2D eigenvalue weighted by molar-refractivity contribution is 7.10. The van der Waals surface area contributed by atoms with E-state index < -0.39 is 11.7 Å². The van der Waals surface area contributed by atoms with E-state index in [1.165, 1.54) is 22.6 Å². The van der Waals surface area contributed by atoms with E-state index >= 15 is 0 Å². The number of carbonyl (C=O) groups is 1. The molecular formula is C19H21F3N2OS. The van der Waals surface area contributed by atoms with E-state index in [4.69, 9.17) is 0 Å². The van der Waals surface area contributed by atoms with Crippen LogP contribution in [-0.2, 0) is 23.8 Å². The first-order valence-electron chi connectivity index (χ1n) is 8.42. The van der Waals surface area contributed by atoms with Gasteiger partial charge in [0.2, 0.25) is 5.91 Å². The highest BCUT2D eigenvalue weighted by Gasteiger charge is 2.32. The zero-order chi connectivity index (χ0) is 18.9. The molecule has 2 heterocycles. The summed E-state index contributed by atoms with van der Waals surface area (Å²) in [4.78, 5) is 18.1. The van der Waals surface area contributed by atoms with Gasteiger partial charge in [-0.3, -0.25) is 4.79 Å². The zero-order valence-electron chi connectivity index (χ0n) is 14.7. The summed E-state index contributed by atoms with van der Waals surface area (Å²) < 4.78 is 38.0. The number of carbonyl (C=O) groups excluding carboxylic acids is 1. The molecule has 3 nitrogen and oxygen atoms in total. The van der Waals surface area contributed by atoms with Gasteiger partial charge in [0, 0.05) is 18.0 Å². The SMILES string of the molecule is CN(C)CC1c2ccsc2CCN1C(=O)Cc1ccc(C(F)(F)F)cc1. The Morgan fingerprint density at radius 2 is 1.92 bits per heavy atom. The molecule has 1 aliphatic rings. The number of fused-ring (bicyclic) bond motifs is 1. The minimum Gasteiger partial charge on any atom is -0.334 e. The predicted molar refractivity (Wildman–Crippen MR) is 96.2 cm³/mol. The summed E-state index contributed by atoms with van der Waals surface area (Å²) in [5.41, 5.74) is 1.10. The Morgan fingerprint density at radius 3 is 2.54 bits per heavy atom. The van der Waals surface area contributed by atoms with Crippen LogP contribution in [0.15, 0.2) is 35.7 Å². The lowest BCUT2D eigenvalue weighted by molar-refractivity contribution is -0.137. The van der Waals surface area contributed by atoms with Crippen LogP contribution in [0, 0.1) is 0 Å². The largest absolute Gasteiger partial charge is 0.416 e. The second-order valence-electron chi connectivity index (χ2n) is 6.79. The van der Waals surface area contributed by atoms with Gasteiger partial charge in [-0.1, -0.05) is 12.1 Å². The van der Waals surface area contributed by atoms with E-state index in [-0.39, 0.29) is 18.4 Å². The molecule has 2 aromatic rings. The van der Waals surface area contributed by atoms with Gasteiger partial charge in [0.05, 0.1) is 18.0 Å². The molecule has 1 unspecified atom stereocenters. The van der Waals surface area contributed by atoms with Crippen molar-refractivity contribution in [1.82, 2.24) is 9.80 Å². The number of hydrogen-bond donors (Lipinski definition) is 0. The van der Waals surface area contributed by atoms with Crippen molar-refractivity contribution < 1.29 is 18.0 Å². The molecule has 0 spiro atoms. The van der Waals surface area contributed by atoms with Crippen LogP contribution < -0.4 is 0 Å². The van der Waals surface area contributed by atoms with Crippen molar-refractivity contribution in [2.45, 2.75) is 25.1 Å². The number of benzene rings is 1. The van der Waals surface area contributed by atoms with E-state index in [2.05, 4.69) is 16.3 Å². The van der Waals surface area contributed by atoms with E-state index in [1.54, 1.807) is 11.3 Å². The number of alkyl halides is 3. The summed E-state index contributed by atoms with van der Waals surface area (Å²) >= 11 is 1.71. The van der Waals surface area contributed by atoms with Crippen LogP contribution in [0.3, 0.4) is 0 Å².